The zero-order valence-electron chi connectivity index (χ0n) is 13.2. The number of aromatic nitrogens is 2. The number of rotatable bonds is 6. The van der Waals surface area contributed by atoms with E-state index in [1.54, 1.807) is 0 Å². The predicted molar refractivity (Wildman–Crippen MR) is 83.2 cm³/mol. The molecular weight excluding hydrogens is 248 g/mol. The topological polar surface area (TPSA) is 55.9 Å². The minimum Gasteiger partial charge on any atom is -0.271 e. The van der Waals surface area contributed by atoms with Gasteiger partial charge < -0.3 is 0 Å². The molecule has 0 aromatic carbocycles. The number of hydrogen-bond donors (Lipinski definition) is 2. The maximum Gasteiger partial charge on any atom is 0.0640 e. The molecule has 20 heavy (non-hydrogen) atoms. The summed E-state index contributed by atoms with van der Waals surface area (Å²) in [7, 11) is 0. The second kappa shape index (κ2) is 6.72. The lowest BCUT2D eigenvalue weighted by Crippen LogP contribution is -2.47. The predicted octanol–water partition coefficient (Wildman–Crippen LogP) is 3.20. The summed E-state index contributed by atoms with van der Waals surface area (Å²) in [5.74, 6) is 5.75. The minimum absolute atomic E-state index is 0.184. The molecule has 0 spiro atoms. The largest absolute Gasteiger partial charge is 0.271 e. The standard InChI is InChI=1S/C16H30N4/c1-4-16(2,3)15(18-17)12-13-10-11-20(19-13)14-8-6-5-7-9-14/h10-11,14-15,18H,4-9,12,17H2,1-3H3. The van der Waals surface area contributed by atoms with Gasteiger partial charge in [-0.1, -0.05) is 40.0 Å². The molecule has 0 radical (unpaired) electrons. The van der Waals surface area contributed by atoms with E-state index in [1.165, 1.54) is 32.1 Å². The van der Waals surface area contributed by atoms with Gasteiger partial charge in [0.15, 0.2) is 0 Å². The molecule has 1 saturated carbocycles. The molecule has 0 aliphatic heterocycles. The Hall–Kier alpha value is -0.870. The van der Waals surface area contributed by atoms with Crippen LogP contribution in [0.2, 0.25) is 0 Å². The summed E-state index contributed by atoms with van der Waals surface area (Å²) in [5.41, 5.74) is 4.32. The maximum atomic E-state index is 5.75. The van der Waals surface area contributed by atoms with E-state index >= 15 is 0 Å². The number of hydrogen-bond acceptors (Lipinski definition) is 3. The highest BCUT2D eigenvalue weighted by Gasteiger charge is 2.27. The number of hydrazine groups is 1. The lowest BCUT2D eigenvalue weighted by molar-refractivity contribution is 0.229. The molecule has 114 valence electrons. The molecular formula is C16H30N4. The molecule has 1 aromatic heterocycles. The average molecular weight is 278 g/mol. The van der Waals surface area contributed by atoms with Gasteiger partial charge in [-0.3, -0.25) is 16.0 Å². The highest BCUT2D eigenvalue weighted by Crippen LogP contribution is 2.29. The molecule has 0 bridgehead atoms. The Morgan fingerprint density at radius 3 is 2.70 bits per heavy atom. The SMILES string of the molecule is CCC(C)(C)C(Cc1ccn(C2CCCCC2)n1)NN. The van der Waals surface area contributed by atoms with E-state index < -0.39 is 0 Å². The van der Waals surface area contributed by atoms with E-state index in [0.717, 1.165) is 18.5 Å². The van der Waals surface area contributed by atoms with Gasteiger partial charge in [-0.05, 0) is 30.7 Å². The molecule has 1 aromatic rings. The van der Waals surface area contributed by atoms with Crippen LogP contribution in [0.25, 0.3) is 0 Å². The Morgan fingerprint density at radius 1 is 1.40 bits per heavy atom. The van der Waals surface area contributed by atoms with Crippen LogP contribution in [0, 0.1) is 5.41 Å². The van der Waals surface area contributed by atoms with Crippen molar-refractivity contribution >= 4 is 0 Å². The average Bonchev–Trinajstić information content (AvgIpc) is 2.94. The third kappa shape index (κ3) is 3.61. The van der Waals surface area contributed by atoms with E-state index in [4.69, 9.17) is 10.9 Å². The normalized spacial score (nSPS) is 19.2. The Kier molecular flexibility index (Phi) is 5.22. The van der Waals surface area contributed by atoms with E-state index in [-0.39, 0.29) is 11.5 Å². The van der Waals surface area contributed by atoms with Crippen molar-refractivity contribution in [3.63, 3.8) is 0 Å². The van der Waals surface area contributed by atoms with E-state index in [0.29, 0.717) is 6.04 Å². The van der Waals surface area contributed by atoms with Crippen LogP contribution in [-0.4, -0.2) is 15.8 Å². The van der Waals surface area contributed by atoms with Crippen LogP contribution < -0.4 is 11.3 Å². The summed E-state index contributed by atoms with van der Waals surface area (Å²) < 4.78 is 2.18. The molecule has 1 aliphatic rings. The molecule has 1 atom stereocenters. The molecule has 1 heterocycles. The van der Waals surface area contributed by atoms with Crippen LogP contribution in [-0.2, 0) is 6.42 Å². The van der Waals surface area contributed by atoms with Crippen LogP contribution in [0.15, 0.2) is 12.3 Å². The number of nitrogens with one attached hydrogen (secondary N) is 1. The van der Waals surface area contributed by atoms with E-state index in [1.807, 2.05) is 0 Å². The van der Waals surface area contributed by atoms with Crippen LogP contribution in [0.1, 0.15) is 71.0 Å². The quantitative estimate of drug-likeness (QED) is 0.620. The number of nitrogens with zero attached hydrogens (tertiary/aromatic N) is 2. The van der Waals surface area contributed by atoms with Gasteiger partial charge in [0.2, 0.25) is 0 Å². The summed E-state index contributed by atoms with van der Waals surface area (Å²) >= 11 is 0. The second-order valence-electron chi connectivity index (χ2n) is 6.84. The van der Waals surface area contributed by atoms with Crippen molar-refractivity contribution in [2.75, 3.05) is 0 Å². The molecule has 0 amide bonds. The third-order valence-corrected chi connectivity index (χ3v) is 5.08. The summed E-state index contributed by atoms with van der Waals surface area (Å²) in [4.78, 5) is 0. The summed E-state index contributed by atoms with van der Waals surface area (Å²) in [6.45, 7) is 6.73. The van der Waals surface area contributed by atoms with Gasteiger partial charge >= 0.3 is 0 Å². The molecule has 1 unspecified atom stereocenters. The number of nitrogens with two attached hydrogens (primary N) is 1. The molecule has 1 aliphatic carbocycles. The fourth-order valence-corrected chi connectivity index (χ4v) is 3.05. The van der Waals surface area contributed by atoms with Crippen LogP contribution >= 0.6 is 0 Å². The molecule has 4 heteroatoms. The Morgan fingerprint density at radius 2 is 2.10 bits per heavy atom. The first kappa shape index (κ1) is 15.5. The molecule has 3 N–H and O–H groups in total. The fraction of sp³-hybridized carbons (Fsp3) is 0.812. The monoisotopic (exact) mass is 278 g/mol. The van der Waals surface area contributed by atoms with Gasteiger partial charge in [0, 0.05) is 18.7 Å². The Labute approximate surface area is 123 Å². The Bertz CT molecular complexity index is 404. The lowest BCUT2D eigenvalue weighted by atomic mass is 9.80. The highest BCUT2D eigenvalue weighted by atomic mass is 15.3. The van der Waals surface area contributed by atoms with Crippen LogP contribution in [0.5, 0.6) is 0 Å². The summed E-state index contributed by atoms with van der Waals surface area (Å²) in [5, 5.41) is 4.79. The van der Waals surface area contributed by atoms with Crippen molar-refractivity contribution in [3.8, 4) is 0 Å². The summed E-state index contributed by atoms with van der Waals surface area (Å²) in [6, 6.07) is 3.04. The lowest BCUT2D eigenvalue weighted by Gasteiger charge is -2.32. The van der Waals surface area contributed by atoms with Gasteiger partial charge in [-0.2, -0.15) is 5.10 Å². The molecule has 1 fully saturated rings. The zero-order chi connectivity index (χ0) is 14.6. The fourth-order valence-electron chi connectivity index (χ4n) is 3.05. The zero-order valence-corrected chi connectivity index (χ0v) is 13.2. The molecule has 0 saturated heterocycles. The highest BCUT2D eigenvalue weighted by molar-refractivity contribution is 5.04. The minimum atomic E-state index is 0.184. The summed E-state index contributed by atoms with van der Waals surface area (Å²) in [6.07, 6.45) is 10.8. The van der Waals surface area contributed by atoms with Gasteiger partial charge in [-0.15, -0.1) is 0 Å². The van der Waals surface area contributed by atoms with E-state index in [9.17, 15) is 0 Å². The van der Waals surface area contributed by atoms with Crippen LogP contribution in [0.3, 0.4) is 0 Å². The van der Waals surface area contributed by atoms with Gasteiger partial charge in [-0.25, -0.2) is 0 Å². The van der Waals surface area contributed by atoms with Crippen molar-refractivity contribution in [1.29, 1.82) is 0 Å². The van der Waals surface area contributed by atoms with Crippen molar-refractivity contribution in [2.45, 2.75) is 77.8 Å². The smallest absolute Gasteiger partial charge is 0.0640 e. The molecule has 4 nitrogen and oxygen atoms in total. The second-order valence-corrected chi connectivity index (χ2v) is 6.84. The van der Waals surface area contributed by atoms with Crippen molar-refractivity contribution < 1.29 is 0 Å². The maximum absolute atomic E-state index is 5.75. The first-order chi connectivity index (χ1) is 9.56. The molecule has 2 rings (SSSR count). The van der Waals surface area contributed by atoms with Crippen molar-refractivity contribution in [2.24, 2.45) is 11.3 Å². The third-order valence-electron chi connectivity index (χ3n) is 5.08. The Balaban J connectivity index is 2.01. The van der Waals surface area contributed by atoms with Gasteiger partial charge in [0.1, 0.15) is 0 Å². The van der Waals surface area contributed by atoms with Crippen molar-refractivity contribution in [1.82, 2.24) is 15.2 Å². The first-order valence-corrected chi connectivity index (χ1v) is 8.07. The first-order valence-electron chi connectivity index (χ1n) is 8.07. The van der Waals surface area contributed by atoms with Gasteiger partial charge in [0.25, 0.3) is 0 Å². The van der Waals surface area contributed by atoms with Gasteiger partial charge in [0.05, 0.1) is 11.7 Å². The van der Waals surface area contributed by atoms with Crippen molar-refractivity contribution in [3.05, 3.63) is 18.0 Å². The van der Waals surface area contributed by atoms with Crippen LogP contribution in [0.4, 0.5) is 0 Å². The van der Waals surface area contributed by atoms with E-state index in [2.05, 4.69) is 43.1 Å².